The summed E-state index contributed by atoms with van der Waals surface area (Å²) in [4.78, 5) is 4.54. The summed E-state index contributed by atoms with van der Waals surface area (Å²) < 4.78 is 12.8. The average Bonchev–Trinajstić information content (AvgIpc) is 2.55. The molecule has 0 aliphatic heterocycles. The fraction of sp³-hybridized carbons (Fsp3) is 0.455. The van der Waals surface area contributed by atoms with Gasteiger partial charge in [0.1, 0.15) is 5.82 Å². The van der Waals surface area contributed by atoms with E-state index in [0.29, 0.717) is 0 Å². The zero-order valence-corrected chi connectivity index (χ0v) is 16.6. The van der Waals surface area contributed by atoms with Gasteiger partial charge in [0.15, 0.2) is 0 Å². The SMILES string of the molecule is CC(C)c1ccccc1F.Cc1cccc(N(C)CCCN(C)C)c1. The molecular formula is C22H33FN2. The first-order valence-corrected chi connectivity index (χ1v) is 8.98. The normalized spacial score (nSPS) is 10.6. The maximum absolute atomic E-state index is 12.8. The molecule has 2 aromatic rings. The summed E-state index contributed by atoms with van der Waals surface area (Å²) in [6.45, 7) is 8.37. The Kier molecular flexibility index (Phi) is 9.22. The van der Waals surface area contributed by atoms with Crippen molar-refractivity contribution in [2.45, 2.75) is 33.1 Å². The van der Waals surface area contributed by atoms with Crippen molar-refractivity contribution in [3.63, 3.8) is 0 Å². The highest BCUT2D eigenvalue weighted by atomic mass is 19.1. The molecule has 0 radical (unpaired) electrons. The smallest absolute Gasteiger partial charge is 0.126 e. The zero-order valence-electron chi connectivity index (χ0n) is 16.6. The molecule has 0 atom stereocenters. The number of benzene rings is 2. The molecule has 0 aliphatic rings. The molecule has 138 valence electrons. The van der Waals surface area contributed by atoms with Crippen LogP contribution in [-0.2, 0) is 0 Å². The predicted molar refractivity (Wildman–Crippen MR) is 108 cm³/mol. The fourth-order valence-electron chi connectivity index (χ4n) is 2.56. The van der Waals surface area contributed by atoms with Crippen molar-refractivity contribution in [3.05, 3.63) is 65.5 Å². The van der Waals surface area contributed by atoms with Crippen molar-refractivity contribution in [3.8, 4) is 0 Å². The third kappa shape index (κ3) is 8.17. The van der Waals surface area contributed by atoms with E-state index in [4.69, 9.17) is 0 Å². The molecule has 0 bridgehead atoms. The van der Waals surface area contributed by atoms with E-state index in [-0.39, 0.29) is 11.7 Å². The number of hydrogen-bond acceptors (Lipinski definition) is 2. The Morgan fingerprint density at radius 3 is 2.12 bits per heavy atom. The molecule has 0 spiro atoms. The third-order valence-corrected chi connectivity index (χ3v) is 4.07. The van der Waals surface area contributed by atoms with Gasteiger partial charge in [0, 0.05) is 19.3 Å². The fourth-order valence-corrected chi connectivity index (χ4v) is 2.56. The summed E-state index contributed by atoms with van der Waals surface area (Å²) >= 11 is 0. The Labute approximate surface area is 153 Å². The first-order chi connectivity index (χ1) is 11.8. The Bertz CT molecular complexity index is 623. The van der Waals surface area contributed by atoms with Gasteiger partial charge in [-0.25, -0.2) is 4.39 Å². The summed E-state index contributed by atoms with van der Waals surface area (Å²) in [5.41, 5.74) is 3.43. The standard InChI is InChI=1S/C13H22N2.C9H11F/c1-12-7-5-8-13(11-12)15(4)10-6-9-14(2)3;1-7(2)8-5-3-4-6-9(8)10/h5,7-8,11H,6,9-10H2,1-4H3;3-7H,1-2H3. The first kappa shape index (κ1) is 21.2. The molecular weight excluding hydrogens is 311 g/mol. The molecule has 3 heteroatoms. The molecule has 0 N–H and O–H groups in total. The first-order valence-electron chi connectivity index (χ1n) is 8.98. The van der Waals surface area contributed by atoms with Gasteiger partial charge in [-0.3, -0.25) is 0 Å². The Morgan fingerprint density at radius 2 is 1.60 bits per heavy atom. The topological polar surface area (TPSA) is 6.48 Å². The summed E-state index contributed by atoms with van der Waals surface area (Å²) in [7, 11) is 6.39. The van der Waals surface area contributed by atoms with Crippen LogP contribution in [0.3, 0.4) is 0 Å². The highest BCUT2D eigenvalue weighted by Gasteiger charge is 2.03. The van der Waals surface area contributed by atoms with Gasteiger partial charge in [-0.05, 0) is 69.2 Å². The van der Waals surface area contributed by atoms with Gasteiger partial charge in [-0.15, -0.1) is 0 Å². The van der Waals surface area contributed by atoms with Gasteiger partial charge in [0.05, 0.1) is 0 Å². The lowest BCUT2D eigenvalue weighted by molar-refractivity contribution is 0.401. The van der Waals surface area contributed by atoms with E-state index in [9.17, 15) is 4.39 Å². The molecule has 2 nitrogen and oxygen atoms in total. The summed E-state index contributed by atoms with van der Waals surface area (Å²) in [6.07, 6.45) is 1.21. The van der Waals surface area contributed by atoms with Gasteiger partial charge in [-0.2, -0.15) is 0 Å². The minimum Gasteiger partial charge on any atom is -0.375 e. The predicted octanol–water partition coefficient (Wildman–Crippen LogP) is 5.33. The van der Waals surface area contributed by atoms with Crippen molar-refractivity contribution >= 4 is 5.69 Å². The van der Waals surface area contributed by atoms with Gasteiger partial charge < -0.3 is 9.80 Å². The maximum atomic E-state index is 12.8. The van der Waals surface area contributed by atoms with Crippen LogP contribution < -0.4 is 4.90 Å². The molecule has 0 fully saturated rings. The second-order valence-corrected chi connectivity index (χ2v) is 7.09. The van der Waals surface area contributed by atoms with E-state index >= 15 is 0 Å². The number of nitrogens with zero attached hydrogens (tertiary/aromatic N) is 2. The van der Waals surface area contributed by atoms with E-state index < -0.39 is 0 Å². The lowest BCUT2D eigenvalue weighted by Gasteiger charge is -2.20. The molecule has 0 unspecified atom stereocenters. The van der Waals surface area contributed by atoms with Crippen LogP contribution in [0, 0.1) is 12.7 Å². The largest absolute Gasteiger partial charge is 0.375 e. The molecule has 0 amide bonds. The molecule has 2 aromatic carbocycles. The molecule has 2 rings (SSSR count). The maximum Gasteiger partial charge on any atom is 0.126 e. The molecule has 0 aliphatic carbocycles. The second-order valence-electron chi connectivity index (χ2n) is 7.09. The summed E-state index contributed by atoms with van der Waals surface area (Å²) in [5, 5.41) is 0. The lowest BCUT2D eigenvalue weighted by atomic mass is 10.0. The van der Waals surface area contributed by atoms with Gasteiger partial charge in [-0.1, -0.05) is 44.2 Å². The third-order valence-electron chi connectivity index (χ3n) is 4.07. The number of rotatable bonds is 6. The quantitative estimate of drug-likeness (QED) is 0.698. The van der Waals surface area contributed by atoms with Gasteiger partial charge in [0.2, 0.25) is 0 Å². The number of anilines is 1. The molecule has 0 saturated heterocycles. The van der Waals surface area contributed by atoms with E-state index in [1.54, 1.807) is 6.07 Å². The van der Waals surface area contributed by atoms with Crippen LogP contribution in [0.15, 0.2) is 48.5 Å². The number of halogens is 1. The summed E-state index contributed by atoms with van der Waals surface area (Å²) in [6, 6.07) is 15.5. The van der Waals surface area contributed by atoms with Crippen molar-refractivity contribution < 1.29 is 4.39 Å². The minimum absolute atomic E-state index is 0.0995. The van der Waals surface area contributed by atoms with E-state index in [1.165, 1.54) is 23.7 Å². The second kappa shape index (κ2) is 10.9. The van der Waals surface area contributed by atoms with Crippen LogP contribution in [-0.4, -0.2) is 39.1 Å². The van der Waals surface area contributed by atoms with Crippen LogP contribution in [0.1, 0.15) is 37.3 Å². The van der Waals surface area contributed by atoms with Crippen LogP contribution in [0.4, 0.5) is 10.1 Å². The van der Waals surface area contributed by atoms with Crippen molar-refractivity contribution in [2.75, 3.05) is 39.1 Å². The number of hydrogen-bond donors (Lipinski definition) is 0. The van der Waals surface area contributed by atoms with Crippen LogP contribution >= 0.6 is 0 Å². The summed E-state index contributed by atoms with van der Waals surface area (Å²) in [5.74, 6) is 0.179. The average molecular weight is 345 g/mol. The van der Waals surface area contributed by atoms with E-state index in [0.717, 1.165) is 18.7 Å². The van der Waals surface area contributed by atoms with Crippen LogP contribution in [0.2, 0.25) is 0 Å². The molecule has 0 heterocycles. The zero-order chi connectivity index (χ0) is 18.8. The highest BCUT2D eigenvalue weighted by Crippen LogP contribution is 2.16. The Hall–Kier alpha value is -1.87. The van der Waals surface area contributed by atoms with Gasteiger partial charge in [0.25, 0.3) is 0 Å². The van der Waals surface area contributed by atoms with Crippen molar-refractivity contribution in [2.24, 2.45) is 0 Å². The molecule has 0 saturated carbocycles. The Morgan fingerprint density at radius 1 is 0.920 bits per heavy atom. The monoisotopic (exact) mass is 344 g/mol. The minimum atomic E-state index is -0.0995. The van der Waals surface area contributed by atoms with Crippen LogP contribution in [0.5, 0.6) is 0 Å². The lowest BCUT2D eigenvalue weighted by Crippen LogP contribution is -2.23. The van der Waals surface area contributed by atoms with E-state index in [1.807, 2.05) is 26.0 Å². The van der Waals surface area contributed by atoms with Crippen molar-refractivity contribution in [1.82, 2.24) is 4.90 Å². The molecule has 25 heavy (non-hydrogen) atoms. The highest BCUT2D eigenvalue weighted by molar-refractivity contribution is 5.47. The van der Waals surface area contributed by atoms with Crippen molar-refractivity contribution in [1.29, 1.82) is 0 Å². The Balaban J connectivity index is 0.000000271. The number of aryl methyl sites for hydroxylation is 1. The van der Waals surface area contributed by atoms with Crippen LogP contribution in [0.25, 0.3) is 0 Å². The van der Waals surface area contributed by atoms with Gasteiger partial charge >= 0.3 is 0 Å². The molecule has 0 aromatic heterocycles. The van der Waals surface area contributed by atoms with E-state index in [2.05, 4.69) is 62.1 Å².